The number of hydrogen-bond acceptors (Lipinski definition) is 0. The lowest BCUT2D eigenvalue weighted by Crippen LogP contribution is -1.94. The van der Waals surface area contributed by atoms with Gasteiger partial charge in [0, 0.05) is 0 Å². The van der Waals surface area contributed by atoms with Crippen LogP contribution in [-0.4, -0.2) is 0 Å². The van der Waals surface area contributed by atoms with E-state index in [4.69, 9.17) is 0 Å². The van der Waals surface area contributed by atoms with Crippen LogP contribution in [0.4, 0.5) is 26.3 Å². The van der Waals surface area contributed by atoms with E-state index in [1.807, 2.05) is 48.5 Å². The summed E-state index contributed by atoms with van der Waals surface area (Å²) in [5, 5.41) is 6.96. The second-order valence-corrected chi connectivity index (χ2v) is 11.7. The van der Waals surface area contributed by atoms with Gasteiger partial charge in [0.2, 0.25) is 0 Å². The summed E-state index contributed by atoms with van der Waals surface area (Å²) in [5.41, 5.74) is 3.77. The smallest absolute Gasteiger partial charge is 0.194 e. The number of hydrogen-bond donors (Lipinski definition) is 0. The molecule has 0 radical (unpaired) electrons. The molecule has 0 fully saturated rings. The Hall–Kier alpha value is -5.88. The third-order valence-electron chi connectivity index (χ3n) is 8.86. The van der Waals surface area contributed by atoms with Crippen LogP contribution in [0.3, 0.4) is 0 Å². The Morgan fingerprint density at radius 1 is 0.229 bits per heavy atom. The monoisotopic (exact) mass is 640 g/mol. The molecule has 0 heterocycles. The first-order chi connectivity index (χ1) is 23.2. The molecule has 0 bridgehead atoms. The quantitative estimate of drug-likeness (QED) is 0.102. The summed E-state index contributed by atoms with van der Waals surface area (Å²) in [6, 6.07) is 38.8. The van der Waals surface area contributed by atoms with Gasteiger partial charge < -0.3 is 0 Å². The molecule has 0 N–H and O–H groups in total. The molecule has 0 saturated heterocycles. The van der Waals surface area contributed by atoms with Crippen molar-refractivity contribution in [2.24, 2.45) is 0 Å². The fraction of sp³-hybridized carbons (Fsp3) is 0. The minimum absolute atomic E-state index is 0.0186. The standard InChI is InChI=1S/C42H22F6/c43-37-19-29(20-38(44)41(37)47)27-15-26(16-28(17-27)30-21-39(45)42(48)40(46)22-30)24-11-9-23(10-12-24)25-13-14-35-33-7-2-1-5-31(33)32-6-3-4-8-34(32)36(35)18-25/h1-22H. The van der Waals surface area contributed by atoms with Gasteiger partial charge in [-0.15, -0.1) is 0 Å². The minimum Gasteiger partial charge on any atom is -0.204 e. The topological polar surface area (TPSA) is 0 Å². The molecular weight excluding hydrogens is 618 g/mol. The lowest BCUT2D eigenvalue weighted by Gasteiger charge is -2.14. The zero-order chi connectivity index (χ0) is 33.1. The van der Waals surface area contributed by atoms with Crippen molar-refractivity contribution >= 4 is 32.3 Å². The maximum atomic E-state index is 14.2. The molecule has 0 nitrogen and oxygen atoms in total. The fourth-order valence-corrected chi connectivity index (χ4v) is 6.51. The molecule has 0 aromatic heterocycles. The molecule has 0 aliphatic rings. The van der Waals surface area contributed by atoms with Crippen LogP contribution in [0.2, 0.25) is 0 Å². The molecule has 0 atom stereocenters. The summed E-state index contributed by atoms with van der Waals surface area (Å²) in [6.45, 7) is 0. The Balaban J connectivity index is 1.25. The van der Waals surface area contributed by atoms with Gasteiger partial charge in [-0.25, -0.2) is 26.3 Å². The Morgan fingerprint density at radius 3 is 0.938 bits per heavy atom. The predicted octanol–water partition coefficient (Wildman–Crippen LogP) is 12.6. The SMILES string of the molecule is Fc1cc(-c2cc(-c3ccc(-c4ccc5c6ccccc6c6ccccc6c5c4)cc3)cc(-c3cc(F)c(F)c(F)c3)c2)cc(F)c1F. The first-order valence-electron chi connectivity index (χ1n) is 15.1. The van der Waals surface area contributed by atoms with Gasteiger partial charge in [0.1, 0.15) is 0 Å². The normalized spacial score (nSPS) is 11.5. The van der Waals surface area contributed by atoms with E-state index in [2.05, 4.69) is 42.5 Å². The molecule has 0 amide bonds. The highest BCUT2D eigenvalue weighted by Gasteiger charge is 2.17. The average molecular weight is 641 g/mol. The zero-order valence-corrected chi connectivity index (χ0v) is 25.0. The van der Waals surface area contributed by atoms with Gasteiger partial charge in [0.25, 0.3) is 0 Å². The molecule has 0 spiro atoms. The fourth-order valence-electron chi connectivity index (χ4n) is 6.51. The molecule has 48 heavy (non-hydrogen) atoms. The number of benzene rings is 8. The number of rotatable bonds is 4. The summed E-state index contributed by atoms with van der Waals surface area (Å²) in [5.74, 6) is -8.73. The molecule has 0 aliphatic heterocycles. The third kappa shape index (κ3) is 4.97. The average Bonchev–Trinajstić information content (AvgIpc) is 3.12. The second kappa shape index (κ2) is 11.4. The first-order valence-corrected chi connectivity index (χ1v) is 15.1. The predicted molar refractivity (Wildman–Crippen MR) is 180 cm³/mol. The van der Waals surface area contributed by atoms with Gasteiger partial charge in [0.05, 0.1) is 0 Å². The van der Waals surface area contributed by atoms with Crippen LogP contribution in [0.15, 0.2) is 133 Å². The molecule has 8 rings (SSSR count). The van der Waals surface area contributed by atoms with E-state index in [-0.39, 0.29) is 22.3 Å². The Labute approximate surface area is 271 Å². The van der Waals surface area contributed by atoms with Crippen LogP contribution in [0.5, 0.6) is 0 Å². The molecule has 0 unspecified atom stereocenters. The highest BCUT2D eigenvalue weighted by Crippen LogP contribution is 2.39. The first kappa shape index (κ1) is 29.5. The lowest BCUT2D eigenvalue weighted by atomic mass is 9.91. The zero-order valence-electron chi connectivity index (χ0n) is 25.0. The van der Waals surface area contributed by atoms with Crippen molar-refractivity contribution in [3.8, 4) is 44.5 Å². The molecule has 0 saturated carbocycles. The van der Waals surface area contributed by atoms with Crippen molar-refractivity contribution in [2.45, 2.75) is 0 Å². The Kier molecular flexibility index (Phi) is 7.02. The summed E-state index contributed by atoms with van der Waals surface area (Å²) in [7, 11) is 0. The van der Waals surface area contributed by atoms with Crippen LogP contribution in [0.1, 0.15) is 0 Å². The second-order valence-electron chi connectivity index (χ2n) is 11.7. The van der Waals surface area contributed by atoms with Crippen molar-refractivity contribution in [2.75, 3.05) is 0 Å². The summed E-state index contributed by atoms with van der Waals surface area (Å²) < 4.78 is 84.5. The van der Waals surface area contributed by atoms with Gasteiger partial charge in [-0.1, -0.05) is 84.9 Å². The highest BCUT2D eigenvalue weighted by atomic mass is 19.2. The van der Waals surface area contributed by atoms with E-state index >= 15 is 0 Å². The van der Waals surface area contributed by atoms with Crippen molar-refractivity contribution in [1.29, 1.82) is 0 Å². The van der Waals surface area contributed by atoms with E-state index in [0.717, 1.165) is 51.6 Å². The molecule has 232 valence electrons. The largest absolute Gasteiger partial charge is 0.204 e. The van der Waals surface area contributed by atoms with Crippen LogP contribution in [-0.2, 0) is 0 Å². The van der Waals surface area contributed by atoms with Gasteiger partial charge in [-0.2, -0.15) is 0 Å². The maximum absolute atomic E-state index is 14.2. The minimum atomic E-state index is -1.61. The molecule has 8 aromatic carbocycles. The summed E-state index contributed by atoms with van der Waals surface area (Å²) >= 11 is 0. The van der Waals surface area contributed by atoms with E-state index in [1.54, 1.807) is 12.1 Å². The molecule has 0 aliphatic carbocycles. The highest BCUT2D eigenvalue weighted by molar-refractivity contribution is 6.25. The number of fused-ring (bicyclic) bond motifs is 6. The van der Waals surface area contributed by atoms with E-state index < -0.39 is 34.9 Å². The third-order valence-corrected chi connectivity index (χ3v) is 8.86. The number of halogens is 6. The van der Waals surface area contributed by atoms with Gasteiger partial charge >= 0.3 is 0 Å². The lowest BCUT2D eigenvalue weighted by molar-refractivity contribution is 0.447. The van der Waals surface area contributed by atoms with Gasteiger partial charge in [0.15, 0.2) is 34.9 Å². The van der Waals surface area contributed by atoms with Crippen molar-refractivity contribution in [3.63, 3.8) is 0 Å². The van der Waals surface area contributed by atoms with Gasteiger partial charge in [-0.3, -0.25) is 0 Å². The summed E-state index contributed by atoms with van der Waals surface area (Å²) in [6.07, 6.45) is 0. The molecular formula is C42H22F6. The van der Waals surface area contributed by atoms with E-state index in [1.165, 1.54) is 22.2 Å². The van der Waals surface area contributed by atoms with E-state index in [9.17, 15) is 26.3 Å². The van der Waals surface area contributed by atoms with Crippen LogP contribution >= 0.6 is 0 Å². The Bertz CT molecular complexity index is 2410. The van der Waals surface area contributed by atoms with Crippen molar-refractivity contribution in [3.05, 3.63) is 168 Å². The van der Waals surface area contributed by atoms with Crippen molar-refractivity contribution < 1.29 is 26.3 Å². The van der Waals surface area contributed by atoms with Crippen molar-refractivity contribution in [1.82, 2.24) is 0 Å². The van der Waals surface area contributed by atoms with Crippen LogP contribution in [0, 0.1) is 34.9 Å². The van der Waals surface area contributed by atoms with Crippen LogP contribution in [0.25, 0.3) is 76.8 Å². The molecule has 8 aromatic rings. The van der Waals surface area contributed by atoms with Crippen LogP contribution < -0.4 is 0 Å². The van der Waals surface area contributed by atoms with E-state index in [0.29, 0.717) is 11.1 Å². The summed E-state index contributed by atoms with van der Waals surface area (Å²) in [4.78, 5) is 0. The van der Waals surface area contributed by atoms with Gasteiger partial charge in [-0.05, 0) is 125 Å². The maximum Gasteiger partial charge on any atom is 0.194 e. The Morgan fingerprint density at radius 2 is 0.521 bits per heavy atom. The molecule has 6 heteroatoms.